The Morgan fingerprint density at radius 3 is 2.59 bits per heavy atom. The highest BCUT2D eigenvalue weighted by atomic mass is 127. The first kappa shape index (κ1) is 20.0. The quantitative estimate of drug-likeness (QED) is 0.308. The smallest absolute Gasteiger partial charge is 0.193 e. The third-order valence-corrected chi connectivity index (χ3v) is 4.93. The molecule has 0 amide bonds. The second-order valence-corrected chi connectivity index (χ2v) is 6.73. The van der Waals surface area contributed by atoms with Gasteiger partial charge in [-0.25, -0.2) is 0 Å². The average Bonchev–Trinajstić information content (AvgIpc) is 3.01. The maximum Gasteiger partial charge on any atom is 0.193 e. The highest BCUT2D eigenvalue weighted by Crippen LogP contribution is 2.26. The van der Waals surface area contributed by atoms with Crippen molar-refractivity contribution in [3.8, 4) is 0 Å². The molecule has 0 spiro atoms. The third-order valence-electron chi connectivity index (χ3n) is 4.93. The van der Waals surface area contributed by atoms with E-state index in [9.17, 15) is 0 Å². The molecule has 2 aliphatic rings. The molecule has 5 heteroatoms. The molecule has 1 N–H and O–H groups in total. The standard InChI is InChI=1S/C17H33N3O.HI/c1-18-17(20(2)13-16-10-12-21-14-16)19-11-6-9-15-7-4-3-5-8-15;/h15-16H,3-14H2,1-2H3,(H,18,19);1H. The normalized spacial score (nSPS) is 23.2. The Morgan fingerprint density at radius 1 is 1.18 bits per heavy atom. The molecule has 0 aromatic rings. The summed E-state index contributed by atoms with van der Waals surface area (Å²) >= 11 is 0. The van der Waals surface area contributed by atoms with Gasteiger partial charge in [-0.2, -0.15) is 0 Å². The van der Waals surface area contributed by atoms with Crippen molar-refractivity contribution in [3.05, 3.63) is 0 Å². The number of nitrogens with one attached hydrogen (secondary N) is 1. The second kappa shape index (κ2) is 11.5. The van der Waals surface area contributed by atoms with Crippen LogP contribution in [0, 0.1) is 11.8 Å². The molecule has 1 unspecified atom stereocenters. The molecule has 2 fully saturated rings. The zero-order valence-electron chi connectivity index (χ0n) is 14.4. The summed E-state index contributed by atoms with van der Waals surface area (Å²) in [6, 6.07) is 0. The lowest BCUT2D eigenvalue weighted by Crippen LogP contribution is -2.41. The summed E-state index contributed by atoms with van der Waals surface area (Å²) < 4.78 is 5.45. The van der Waals surface area contributed by atoms with Crippen LogP contribution in [0.25, 0.3) is 0 Å². The maximum absolute atomic E-state index is 5.45. The van der Waals surface area contributed by atoms with Crippen molar-refractivity contribution >= 4 is 29.9 Å². The minimum atomic E-state index is 0. The summed E-state index contributed by atoms with van der Waals surface area (Å²) in [5, 5.41) is 3.52. The van der Waals surface area contributed by atoms with Crippen molar-refractivity contribution in [2.24, 2.45) is 16.8 Å². The number of hydrogen-bond acceptors (Lipinski definition) is 2. The molecule has 1 saturated carbocycles. The van der Waals surface area contributed by atoms with E-state index in [2.05, 4.69) is 22.3 Å². The first-order chi connectivity index (χ1) is 10.3. The Morgan fingerprint density at radius 2 is 1.95 bits per heavy atom. The number of halogens is 1. The van der Waals surface area contributed by atoms with Crippen LogP contribution in [0.2, 0.25) is 0 Å². The molecule has 1 aliphatic heterocycles. The Balaban J connectivity index is 0.00000242. The third kappa shape index (κ3) is 7.02. The van der Waals surface area contributed by atoms with Gasteiger partial charge in [0.1, 0.15) is 0 Å². The SMILES string of the molecule is CN=C(NCCCC1CCCCC1)N(C)CC1CCOC1.I. The van der Waals surface area contributed by atoms with Gasteiger partial charge in [0.05, 0.1) is 6.61 Å². The van der Waals surface area contributed by atoms with Gasteiger partial charge in [-0.05, 0) is 25.2 Å². The molecule has 4 nitrogen and oxygen atoms in total. The van der Waals surface area contributed by atoms with Crippen LogP contribution in [0.4, 0.5) is 0 Å². The van der Waals surface area contributed by atoms with Crippen LogP contribution in [-0.2, 0) is 4.74 Å². The van der Waals surface area contributed by atoms with Gasteiger partial charge in [0.2, 0.25) is 0 Å². The monoisotopic (exact) mass is 423 g/mol. The fraction of sp³-hybridized carbons (Fsp3) is 0.941. The van der Waals surface area contributed by atoms with Crippen molar-refractivity contribution in [1.82, 2.24) is 10.2 Å². The van der Waals surface area contributed by atoms with E-state index >= 15 is 0 Å². The van der Waals surface area contributed by atoms with Crippen LogP contribution in [0.15, 0.2) is 4.99 Å². The van der Waals surface area contributed by atoms with E-state index in [1.54, 1.807) is 0 Å². The summed E-state index contributed by atoms with van der Waals surface area (Å²) in [4.78, 5) is 6.65. The lowest BCUT2D eigenvalue weighted by molar-refractivity contribution is 0.181. The molecular formula is C17H34IN3O. The molecule has 1 atom stereocenters. The molecule has 1 aliphatic carbocycles. The van der Waals surface area contributed by atoms with Crippen molar-refractivity contribution in [1.29, 1.82) is 0 Å². The molecule has 0 radical (unpaired) electrons. The minimum absolute atomic E-state index is 0. The summed E-state index contributed by atoms with van der Waals surface area (Å²) in [7, 11) is 4.01. The van der Waals surface area contributed by atoms with Crippen molar-refractivity contribution in [2.75, 3.05) is 40.4 Å². The predicted molar refractivity (Wildman–Crippen MR) is 104 cm³/mol. The van der Waals surface area contributed by atoms with Crippen LogP contribution < -0.4 is 5.32 Å². The van der Waals surface area contributed by atoms with Gasteiger partial charge >= 0.3 is 0 Å². The zero-order chi connectivity index (χ0) is 14.9. The fourth-order valence-corrected chi connectivity index (χ4v) is 3.65. The molecule has 0 aromatic carbocycles. The average molecular weight is 423 g/mol. The van der Waals surface area contributed by atoms with Gasteiger partial charge in [0.25, 0.3) is 0 Å². The molecule has 130 valence electrons. The summed E-state index contributed by atoms with van der Waals surface area (Å²) in [6.45, 7) is 3.92. The summed E-state index contributed by atoms with van der Waals surface area (Å²) in [5.41, 5.74) is 0. The van der Waals surface area contributed by atoms with Gasteiger partial charge in [0.15, 0.2) is 5.96 Å². The van der Waals surface area contributed by atoms with E-state index in [1.165, 1.54) is 51.4 Å². The van der Waals surface area contributed by atoms with Crippen molar-refractivity contribution in [3.63, 3.8) is 0 Å². The highest BCUT2D eigenvalue weighted by molar-refractivity contribution is 14.0. The number of aliphatic imine (C=N–C) groups is 1. The number of hydrogen-bond donors (Lipinski definition) is 1. The van der Waals surface area contributed by atoms with E-state index in [0.29, 0.717) is 5.92 Å². The Kier molecular flexibility index (Phi) is 10.4. The first-order valence-electron chi connectivity index (χ1n) is 8.79. The summed E-state index contributed by atoms with van der Waals surface area (Å²) in [6.07, 6.45) is 11.1. The van der Waals surface area contributed by atoms with Gasteiger partial charge in [-0.1, -0.05) is 32.1 Å². The molecule has 22 heavy (non-hydrogen) atoms. The van der Waals surface area contributed by atoms with E-state index in [-0.39, 0.29) is 24.0 Å². The Labute approximate surface area is 153 Å². The molecule has 1 saturated heterocycles. The lowest BCUT2D eigenvalue weighted by atomic mass is 9.86. The number of ether oxygens (including phenoxy) is 1. The van der Waals surface area contributed by atoms with E-state index < -0.39 is 0 Å². The predicted octanol–water partition coefficient (Wildman–Crippen LogP) is 3.51. The van der Waals surface area contributed by atoms with Crippen molar-refractivity contribution < 1.29 is 4.74 Å². The molecular weight excluding hydrogens is 389 g/mol. The largest absolute Gasteiger partial charge is 0.381 e. The summed E-state index contributed by atoms with van der Waals surface area (Å²) in [5.74, 6) is 2.68. The van der Waals surface area contributed by atoms with Gasteiger partial charge in [-0.3, -0.25) is 4.99 Å². The highest BCUT2D eigenvalue weighted by Gasteiger charge is 2.19. The van der Waals surface area contributed by atoms with Crippen LogP contribution >= 0.6 is 24.0 Å². The van der Waals surface area contributed by atoms with E-state index in [4.69, 9.17) is 4.74 Å². The van der Waals surface area contributed by atoms with Gasteiger partial charge in [-0.15, -0.1) is 24.0 Å². The van der Waals surface area contributed by atoms with Crippen LogP contribution in [0.3, 0.4) is 0 Å². The van der Waals surface area contributed by atoms with Gasteiger partial charge in [0, 0.05) is 39.7 Å². The molecule has 0 aromatic heterocycles. The maximum atomic E-state index is 5.45. The van der Waals surface area contributed by atoms with E-state index in [0.717, 1.165) is 38.2 Å². The topological polar surface area (TPSA) is 36.9 Å². The van der Waals surface area contributed by atoms with Crippen LogP contribution in [0.5, 0.6) is 0 Å². The van der Waals surface area contributed by atoms with Crippen LogP contribution in [0.1, 0.15) is 51.4 Å². The van der Waals surface area contributed by atoms with Gasteiger partial charge < -0.3 is 15.0 Å². The second-order valence-electron chi connectivity index (χ2n) is 6.73. The van der Waals surface area contributed by atoms with Crippen molar-refractivity contribution in [2.45, 2.75) is 51.4 Å². The first-order valence-corrected chi connectivity index (χ1v) is 8.79. The Hall–Kier alpha value is -0.0400. The lowest BCUT2D eigenvalue weighted by Gasteiger charge is -2.25. The minimum Gasteiger partial charge on any atom is -0.381 e. The number of guanidine groups is 1. The Bertz CT molecular complexity index is 313. The molecule has 1 heterocycles. The molecule has 0 bridgehead atoms. The number of nitrogens with zero attached hydrogens (tertiary/aromatic N) is 2. The van der Waals surface area contributed by atoms with E-state index in [1.807, 2.05) is 7.05 Å². The molecule has 2 rings (SSSR count). The zero-order valence-corrected chi connectivity index (χ0v) is 16.7. The number of rotatable bonds is 6. The van der Waals surface area contributed by atoms with Crippen LogP contribution in [-0.4, -0.2) is 51.3 Å². The fourth-order valence-electron chi connectivity index (χ4n) is 3.65.